The minimum Gasteiger partial charge on any atom is -0.504 e. The molecule has 1 aromatic rings. The van der Waals surface area contributed by atoms with Gasteiger partial charge >= 0.3 is 5.97 Å². The molecule has 0 aliphatic carbocycles. The zero-order valence-electron chi connectivity index (χ0n) is 12.1. The van der Waals surface area contributed by atoms with Crippen LogP contribution in [0, 0.1) is 0 Å². The summed E-state index contributed by atoms with van der Waals surface area (Å²) in [4.78, 5) is 22.4. The van der Waals surface area contributed by atoms with E-state index >= 15 is 0 Å². The molecule has 6 heteroatoms. The Morgan fingerprint density at radius 3 is 2.76 bits per heavy atom. The third-order valence-corrected chi connectivity index (χ3v) is 2.72. The first-order valence-corrected chi connectivity index (χ1v) is 6.46. The number of phenolic OH excluding ortho intramolecular Hbond substituents is 1. The topological polar surface area (TPSA) is 84.9 Å². The van der Waals surface area contributed by atoms with Gasteiger partial charge in [-0.2, -0.15) is 0 Å². The van der Waals surface area contributed by atoms with Gasteiger partial charge in [0, 0.05) is 19.0 Å². The number of carbonyl (C=O) groups excluding carboxylic acids is 2. The van der Waals surface area contributed by atoms with Gasteiger partial charge in [-0.05, 0) is 30.2 Å². The summed E-state index contributed by atoms with van der Waals surface area (Å²) in [6.45, 7) is 0.400. The lowest BCUT2D eigenvalue weighted by Gasteiger charge is -2.04. The van der Waals surface area contributed by atoms with Crippen molar-refractivity contribution in [1.29, 1.82) is 0 Å². The van der Waals surface area contributed by atoms with Crippen LogP contribution < -0.4 is 10.1 Å². The Bertz CT molecular complexity index is 525. The lowest BCUT2D eigenvalue weighted by atomic mass is 10.2. The summed E-state index contributed by atoms with van der Waals surface area (Å²) in [5.41, 5.74) is 0.731. The van der Waals surface area contributed by atoms with E-state index in [4.69, 9.17) is 4.74 Å². The maximum atomic E-state index is 11.6. The molecule has 0 atom stereocenters. The molecule has 114 valence electrons. The van der Waals surface area contributed by atoms with Crippen LogP contribution in [0.3, 0.4) is 0 Å². The fourth-order valence-electron chi connectivity index (χ4n) is 1.58. The number of phenols is 1. The van der Waals surface area contributed by atoms with E-state index in [0.717, 1.165) is 5.56 Å². The van der Waals surface area contributed by atoms with Crippen molar-refractivity contribution in [1.82, 2.24) is 5.32 Å². The average Bonchev–Trinajstić information content (AvgIpc) is 2.50. The van der Waals surface area contributed by atoms with E-state index in [2.05, 4.69) is 10.1 Å². The highest BCUT2D eigenvalue weighted by Crippen LogP contribution is 2.26. The molecule has 0 aliphatic rings. The van der Waals surface area contributed by atoms with Gasteiger partial charge in [-0.15, -0.1) is 0 Å². The third kappa shape index (κ3) is 5.99. The molecule has 0 bridgehead atoms. The van der Waals surface area contributed by atoms with Crippen LogP contribution in [0.4, 0.5) is 0 Å². The van der Waals surface area contributed by atoms with Crippen LogP contribution >= 0.6 is 0 Å². The molecule has 2 N–H and O–H groups in total. The Kier molecular flexibility index (Phi) is 6.80. The van der Waals surface area contributed by atoms with Crippen LogP contribution in [0.1, 0.15) is 18.4 Å². The average molecular weight is 293 g/mol. The van der Waals surface area contributed by atoms with Gasteiger partial charge in [-0.3, -0.25) is 9.59 Å². The van der Waals surface area contributed by atoms with Crippen molar-refractivity contribution >= 4 is 18.0 Å². The monoisotopic (exact) mass is 293 g/mol. The number of ether oxygens (including phenoxy) is 2. The van der Waals surface area contributed by atoms with E-state index in [9.17, 15) is 14.7 Å². The van der Waals surface area contributed by atoms with Gasteiger partial charge < -0.3 is 19.9 Å². The maximum Gasteiger partial charge on any atom is 0.305 e. The highest BCUT2D eigenvalue weighted by Gasteiger charge is 2.02. The van der Waals surface area contributed by atoms with E-state index in [1.807, 2.05) is 0 Å². The number of nitrogens with one attached hydrogen (secondary N) is 1. The minimum atomic E-state index is -0.295. The Morgan fingerprint density at radius 1 is 1.33 bits per heavy atom. The molecule has 0 heterocycles. The van der Waals surface area contributed by atoms with Gasteiger partial charge in [0.25, 0.3) is 0 Å². The van der Waals surface area contributed by atoms with Gasteiger partial charge in [0.05, 0.1) is 14.2 Å². The number of carbonyl (C=O) groups is 2. The second-order valence-electron chi connectivity index (χ2n) is 4.24. The highest BCUT2D eigenvalue weighted by molar-refractivity contribution is 5.91. The zero-order valence-corrected chi connectivity index (χ0v) is 12.1. The fourth-order valence-corrected chi connectivity index (χ4v) is 1.58. The molecule has 0 radical (unpaired) electrons. The van der Waals surface area contributed by atoms with Crippen LogP contribution in [-0.2, 0) is 14.3 Å². The summed E-state index contributed by atoms with van der Waals surface area (Å²) in [5.74, 6) is -0.166. The Hall–Kier alpha value is -2.50. The molecule has 1 aromatic carbocycles. The van der Waals surface area contributed by atoms with E-state index < -0.39 is 0 Å². The highest BCUT2D eigenvalue weighted by atomic mass is 16.5. The predicted molar refractivity (Wildman–Crippen MR) is 78.0 cm³/mol. The zero-order chi connectivity index (χ0) is 15.7. The molecule has 0 aliphatic heterocycles. The first-order chi connectivity index (χ1) is 10.1. The maximum absolute atomic E-state index is 11.6. The first kappa shape index (κ1) is 16.6. The van der Waals surface area contributed by atoms with Crippen LogP contribution in [0.5, 0.6) is 11.5 Å². The second kappa shape index (κ2) is 8.63. The van der Waals surface area contributed by atoms with E-state index in [0.29, 0.717) is 18.7 Å². The summed E-state index contributed by atoms with van der Waals surface area (Å²) in [5, 5.41) is 12.1. The molecular formula is C15H19NO5. The van der Waals surface area contributed by atoms with Crippen molar-refractivity contribution in [2.45, 2.75) is 12.8 Å². The number of amides is 1. The van der Waals surface area contributed by atoms with Crippen molar-refractivity contribution in [2.24, 2.45) is 0 Å². The number of rotatable bonds is 7. The number of hydrogen-bond acceptors (Lipinski definition) is 5. The van der Waals surface area contributed by atoms with Gasteiger partial charge in [-0.25, -0.2) is 0 Å². The minimum absolute atomic E-state index is 0.0434. The molecule has 1 amide bonds. The van der Waals surface area contributed by atoms with E-state index in [1.165, 1.54) is 26.4 Å². The number of hydrogen-bond donors (Lipinski definition) is 2. The van der Waals surface area contributed by atoms with Gasteiger partial charge in [0.15, 0.2) is 11.5 Å². The molecule has 1 rings (SSSR count). The first-order valence-electron chi connectivity index (χ1n) is 6.46. The third-order valence-electron chi connectivity index (χ3n) is 2.72. The van der Waals surface area contributed by atoms with Crippen molar-refractivity contribution in [3.63, 3.8) is 0 Å². The SMILES string of the molecule is COC(=O)CCCNC(=O)/C=C/c1ccc(O)c(OC)c1. The van der Waals surface area contributed by atoms with E-state index in [-0.39, 0.29) is 24.0 Å². The van der Waals surface area contributed by atoms with Gasteiger partial charge in [0.2, 0.25) is 5.91 Å². The molecule has 0 unspecified atom stereocenters. The number of aromatic hydroxyl groups is 1. The Labute approximate surface area is 123 Å². The lowest BCUT2D eigenvalue weighted by Crippen LogP contribution is -2.22. The number of esters is 1. The molecule has 0 fully saturated rings. The molecule has 21 heavy (non-hydrogen) atoms. The molecule has 6 nitrogen and oxygen atoms in total. The summed E-state index contributed by atoms with van der Waals surface area (Å²) in [6, 6.07) is 4.78. The number of methoxy groups -OCH3 is 2. The van der Waals surface area contributed by atoms with Crippen LogP contribution in [0.25, 0.3) is 6.08 Å². The lowest BCUT2D eigenvalue weighted by molar-refractivity contribution is -0.140. The van der Waals surface area contributed by atoms with Crippen LogP contribution in [-0.4, -0.2) is 37.7 Å². The normalized spacial score (nSPS) is 10.4. The predicted octanol–water partition coefficient (Wildman–Crippen LogP) is 1.48. The van der Waals surface area contributed by atoms with Crippen molar-refractivity contribution in [2.75, 3.05) is 20.8 Å². The number of benzene rings is 1. The summed E-state index contributed by atoms with van der Waals surface area (Å²) < 4.78 is 9.47. The fraction of sp³-hybridized carbons (Fsp3) is 0.333. The van der Waals surface area contributed by atoms with Gasteiger partial charge in [-0.1, -0.05) is 6.07 Å². The Balaban J connectivity index is 2.42. The smallest absolute Gasteiger partial charge is 0.305 e. The molecule has 0 saturated heterocycles. The molecular weight excluding hydrogens is 274 g/mol. The Morgan fingerprint density at radius 2 is 2.10 bits per heavy atom. The van der Waals surface area contributed by atoms with E-state index in [1.54, 1.807) is 18.2 Å². The summed E-state index contributed by atoms with van der Waals surface area (Å²) in [7, 11) is 2.78. The molecule has 0 saturated carbocycles. The van der Waals surface area contributed by atoms with Crippen LogP contribution in [0.2, 0.25) is 0 Å². The molecule has 0 aromatic heterocycles. The van der Waals surface area contributed by atoms with Crippen LogP contribution in [0.15, 0.2) is 24.3 Å². The largest absolute Gasteiger partial charge is 0.504 e. The standard InChI is InChI=1S/C15H19NO5/c1-20-13-10-11(5-7-12(13)17)6-8-14(18)16-9-3-4-15(19)21-2/h5-8,10,17H,3-4,9H2,1-2H3,(H,16,18)/b8-6+. The van der Waals surface area contributed by atoms with Gasteiger partial charge in [0.1, 0.15) is 0 Å². The quantitative estimate of drug-likeness (QED) is 0.452. The van der Waals surface area contributed by atoms with Crippen molar-refractivity contribution in [3.05, 3.63) is 29.8 Å². The summed E-state index contributed by atoms with van der Waals surface area (Å²) >= 11 is 0. The molecule has 0 spiro atoms. The van der Waals surface area contributed by atoms with Crippen molar-refractivity contribution < 1.29 is 24.2 Å². The second-order valence-corrected chi connectivity index (χ2v) is 4.24. The van der Waals surface area contributed by atoms with Crippen molar-refractivity contribution in [3.8, 4) is 11.5 Å². The summed E-state index contributed by atoms with van der Waals surface area (Å²) in [6.07, 6.45) is 3.79.